The third-order valence-corrected chi connectivity index (χ3v) is 12.9. The van der Waals surface area contributed by atoms with E-state index in [1.54, 1.807) is 0 Å². The first kappa shape index (κ1) is 32.1. The van der Waals surface area contributed by atoms with Gasteiger partial charge in [-0.1, -0.05) is 152 Å². The van der Waals surface area contributed by atoms with Crippen molar-refractivity contribution in [2.45, 2.75) is 0 Å². The number of benzene rings is 10. The van der Waals surface area contributed by atoms with E-state index in [0.29, 0.717) is 0 Å². The SMILES string of the molecule is c1ccc(-n2c3cc(-c4ccc(N(c5ccc6ccc7ccccc7c6c5)c5cccc6c5sc5ccccc56)cc4)ccc3c3ccc4ccccc4c32)cc1. The Labute approximate surface area is 333 Å². The normalized spacial score (nSPS) is 11.9. The Hall–Kier alpha value is -7.20. The predicted molar refractivity (Wildman–Crippen MR) is 246 cm³/mol. The lowest BCUT2D eigenvalue weighted by Gasteiger charge is -2.27. The van der Waals surface area contributed by atoms with Crippen molar-refractivity contribution in [3.63, 3.8) is 0 Å². The van der Waals surface area contributed by atoms with Crippen molar-refractivity contribution in [2.75, 3.05) is 4.90 Å². The van der Waals surface area contributed by atoms with Crippen molar-refractivity contribution in [1.29, 1.82) is 0 Å². The fourth-order valence-corrected chi connectivity index (χ4v) is 10.3. The lowest BCUT2D eigenvalue weighted by molar-refractivity contribution is 1.19. The summed E-state index contributed by atoms with van der Waals surface area (Å²) >= 11 is 1.87. The number of para-hydroxylation sites is 1. The molecule has 0 bridgehead atoms. The summed E-state index contributed by atoms with van der Waals surface area (Å²) in [6.45, 7) is 0. The van der Waals surface area contributed by atoms with Crippen LogP contribution in [0.3, 0.4) is 0 Å². The van der Waals surface area contributed by atoms with Gasteiger partial charge >= 0.3 is 0 Å². The summed E-state index contributed by atoms with van der Waals surface area (Å²) in [5.41, 5.74) is 9.42. The van der Waals surface area contributed by atoms with E-state index in [4.69, 9.17) is 0 Å². The van der Waals surface area contributed by atoms with E-state index in [9.17, 15) is 0 Å². The summed E-state index contributed by atoms with van der Waals surface area (Å²) in [6.07, 6.45) is 0. The number of nitrogens with zero attached hydrogens (tertiary/aromatic N) is 2. The summed E-state index contributed by atoms with van der Waals surface area (Å²) in [5.74, 6) is 0. The molecule has 0 saturated heterocycles. The molecule has 0 spiro atoms. The van der Waals surface area contributed by atoms with Gasteiger partial charge in [0.15, 0.2) is 0 Å². The standard InChI is InChI=1S/C54H34N2S/c1-2-13-40(14-3-1)56-51-33-39(27-31-45(51)47-32-26-37-12-5-7-16-44(37)53(47)56)35-23-28-41(29-24-35)55(50-19-10-18-48-46-17-8-9-20-52(46)57-54(48)50)42-30-25-38-22-21-36-11-4-6-15-43(36)49(38)34-42/h1-34H. The monoisotopic (exact) mass is 742 g/mol. The van der Waals surface area contributed by atoms with Crippen LogP contribution in [0.5, 0.6) is 0 Å². The van der Waals surface area contributed by atoms with Crippen molar-refractivity contribution in [3.05, 3.63) is 206 Å². The highest BCUT2D eigenvalue weighted by molar-refractivity contribution is 7.26. The quantitative estimate of drug-likeness (QED) is 0.159. The zero-order chi connectivity index (χ0) is 37.5. The summed E-state index contributed by atoms with van der Waals surface area (Å²) in [6, 6.07) is 75.8. The molecule has 0 saturated carbocycles. The number of anilines is 3. The van der Waals surface area contributed by atoms with Gasteiger partial charge in [0.25, 0.3) is 0 Å². The van der Waals surface area contributed by atoms with Gasteiger partial charge in [-0.3, -0.25) is 0 Å². The van der Waals surface area contributed by atoms with Crippen LogP contribution in [0.15, 0.2) is 206 Å². The molecule has 10 aromatic carbocycles. The molecule has 0 aliphatic rings. The molecule has 2 nitrogen and oxygen atoms in total. The van der Waals surface area contributed by atoms with E-state index < -0.39 is 0 Å². The van der Waals surface area contributed by atoms with Gasteiger partial charge in [-0.25, -0.2) is 0 Å². The predicted octanol–water partition coefficient (Wildman–Crippen LogP) is 15.7. The van der Waals surface area contributed by atoms with Crippen LogP contribution < -0.4 is 4.90 Å². The molecule has 0 unspecified atom stereocenters. The molecule has 0 radical (unpaired) electrons. The molecule has 12 rings (SSSR count). The first-order valence-corrected chi connectivity index (χ1v) is 20.3. The summed E-state index contributed by atoms with van der Waals surface area (Å²) in [5, 5.41) is 12.6. The second-order valence-corrected chi connectivity index (χ2v) is 16.0. The summed E-state index contributed by atoms with van der Waals surface area (Å²) in [7, 11) is 0. The van der Waals surface area contributed by atoms with Crippen LogP contribution in [-0.2, 0) is 0 Å². The van der Waals surface area contributed by atoms with Crippen LogP contribution in [0.2, 0.25) is 0 Å². The molecular formula is C54H34N2S. The lowest BCUT2D eigenvalue weighted by atomic mass is 10.00. The topological polar surface area (TPSA) is 8.17 Å². The Morgan fingerprint density at radius 1 is 0.368 bits per heavy atom. The molecule has 12 aromatic rings. The fourth-order valence-electron chi connectivity index (χ4n) is 9.07. The minimum Gasteiger partial charge on any atom is -0.309 e. The number of rotatable bonds is 5. The lowest BCUT2D eigenvalue weighted by Crippen LogP contribution is -2.10. The van der Waals surface area contributed by atoms with Gasteiger partial charge in [-0.2, -0.15) is 0 Å². The van der Waals surface area contributed by atoms with Gasteiger partial charge in [-0.05, 0) is 92.7 Å². The van der Waals surface area contributed by atoms with Gasteiger partial charge in [0, 0.05) is 48.7 Å². The minimum atomic E-state index is 1.12. The van der Waals surface area contributed by atoms with E-state index >= 15 is 0 Å². The molecule has 0 aliphatic carbocycles. The zero-order valence-electron chi connectivity index (χ0n) is 30.9. The largest absolute Gasteiger partial charge is 0.309 e. The third kappa shape index (κ3) is 5.03. The average Bonchev–Trinajstić information content (AvgIpc) is 3.83. The Bertz CT molecular complexity index is 3520. The van der Waals surface area contributed by atoms with Crippen LogP contribution in [0.4, 0.5) is 17.1 Å². The van der Waals surface area contributed by atoms with Gasteiger partial charge in [0.05, 0.1) is 21.4 Å². The van der Waals surface area contributed by atoms with Gasteiger partial charge in [0.1, 0.15) is 0 Å². The molecule has 0 aliphatic heterocycles. The van der Waals surface area contributed by atoms with E-state index in [1.807, 2.05) is 11.3 Å². The van der Waals surface area contributed by atoms with Crippen molar-refractivity contribution in [2.24, 2.45) is 0 Å². The molecular weight excluding hydrogens is 709 g/mol. The van der Waals surface area contributed by atoms with Crippen LogP contribution in [-0.4, -0.2) is 4.57 Å². The second-order valence-electron chi connectivity index (χ2n) is 14.9. The highest BCUT2D eigenvalue weighted by atomic mass is 32.1. The van der Waals surface area contributed by atoms with E-state index in [2.05, 4.69) is 216 Å². The highest BCUT2D eigenvalue weighted by Gasteiger charge is 2.20. The minimum absolute atomic E-state index is 1.12. The zero-order valence-corrected chi connectivity index (χ0v) is 31.7. The number of aromatic nitrogens is 1. The van der Waals surface area contributed by atoms with Crippen molar-refractivity contribution in [3.8, 4) is 16.8 Å². The molecule has 0 amide bonds. The Morgan fingerprint density at radius 3 is 1.82 bits per heavy atom. The van der Waals surface area contributed by atoms with Crippen molar-refractivity contribution in [1.82, 2.24) is 4.57 Å². The molecule has 0 atom stereocenters. The van der Waals surface area contributed by atoms with Gasteiger partial charge in [-0.15, -0.1) is 11.3 Å². The van der Waals surface area contributed by atoms with Gasteiger partial charge < -0.3 is 9.47 Å². The maximum atomic E-state index is 2.45. The van der Waals surface area contributed by atoms with Crippen LogP contribution in [0.25, 0.3) is 91.1 Å². The Kier molecular flexibility index (Phi) is 7.13. The van der Waals surface area contributed by atoms with Crippen LogP contribution >= 0.6 is 11.3 Å². The van der Waals surface area contributed by atoms with Crippen molar-refractivity contribution < 1.29 is 0 Å². The van der Waals surface area contributed by atoms with E-state index in [0.717, 1.165) is 17.1 Å². The average molecular weight is 743 g/mol. The molecule has 57 heavy (non-hydrogen) atoms. The smallest absolute Gasteiger partial charge is 0.0640 e. The third-order valence-electron chi connectivity index (χ3n) is 11.7. The second kappa shape index (κ2) is 12.7. The highest BCUT2D eigenvalue weighted by Crippen LogP contribution is 2.46. The molecule has 3 heteroatoms. The maximum Gasteiger partial charge on any atom is 0.0640 e. The molecule has 0 fully saturated rings. The number of hydrogen-bond acceptors (Lipinski definition) is 2. The summed E-state index contributed by atoms with van der Waals surface area (Å²) in [4.78, 5) is 2.45. The van der Waals surface area contributed by atoms with Crippen molar-refractivity contribution >= 4 is 103 Å². The van der Waals surface area contributed by atoms with Crippen LogP contribution in [0, 0.1) is 0 Å². The first-order chi connectivity index (χ1) is 28.3. The number of fused-ring (bicyclic) bond motifs is 11. The maximum absolute atomic E-state index is 2.45. The Balaban J connectivity index is 1.04. The summed E-state index contributed by atoms with van der Waals surface area (Å²) < 4.78 is 5.03. The first-order valence-electron chi connectivity index (χ1n) is 19.5. The van der Waals surface area contributed by atoms with E-state index in [1.165, 1.54) is 91.1 Å². The molecule has 266 valence electrons. The molecule has 0 N–H and O–H groups in total. The molecule has 2 aromatic heterocycles. The Morgan fingerprint density at radius 2 is 0.982 bits per heavy atom. The molecule has 2 heterocycles. The van der Waals surface area contributed by atoms with Crippen LogP contribution in [0.1, 0.15) is 0 Å². The fraction of sp³-hybridized carbons (Fsp3) is 0. The number of hydrogen-bond donors (Lipinski definition) is 0. The number of thiophene rings is 1. The van der Waals surface area contributed by atoms with Gasteiger partial charge in [0.2, 0.25) is 0 Å². The van der Waals surface area contributed by atoms with E-state index in [-0.39, 0.29) is 0 Å².